The molecule has 5 nitrogen and oxygen atoms in total. The first-order valence-electron chi connectivity index (χ1n) is 9.85. The second kappa shape index (κ2) is 7.77. The van der Waals surface area contributed by atoms with Crippen LogP contribution in [0, 0.1) is 0 Å². The van der Waals surface area contributed by atoms with Crippen LogP contribution >= 0.6 is 0 Å². The molecule has 8 heteroatoms. The van der Waals surface area contributed by atoms with E-state index in [1.54, 1.807) is 18.2 Å². The number of phenols is 1. The summed E-state index contributed by atoms with van der Waals surface area (Å²) in [4.78, 5) is 15.7. The van der Waals surface area contributed by atoms with Gasteiger partial charge in [-0.3, -0.25) is 4.79 Å². The highest BCUT2D eigenvalue weighted by molar-refractivity contribution is 5.86. The van der Waals surface area contributed by atoms with Crippen LogP contribution < -0.4 is 15.2 Å². The van der Waals surface area contributed by atoms with Crippen molar-refractivity contribution >= 4 is 11.0 Å². The summed E-state index contributed by atoms with van der Waals surface area (Å²) >= 11 is 0. The highest BCUT2D eigenvalue weighted by Gasteiger charge is 2.40. The van der Waals surface area contributed by atoms with E-state index >= 15 is 0 Å². The summed E-state index contributed by atoms with van der Waals surface area (Å²) in [6.07, 6.45) is -4.86. The van der Waals surface area contributed by atoms with Crippen molar-refractivity contribution in [2.24, 2.45) is 0 Å². The summed E-state index contributed by atoms with van der Waals surface area (Å²) in [5.74, 6) is -1.50. The van der Waals surface area contributed by atoms with E-state index in [1.807, 2.05) is 0 Å². The molecule has 3 N–H and O–H groups in total. The van der Waals surface area contributed by atoms with Crippen molar-refractivity contribution < 1.29 is 32.5 Å². The Morgan fingerprint density at radius 3 is 2.33 bits per heavy atom. The lowest BCUT2D eigenvalue weighted by Gasteiger charge is -2.27. The van der Waals surface area contributed by atoms with Gasteiger partial charge in [-0.15, -0.1) is 0 Å². The minimum absolute atomic E-state index is 0.0359. The maximum Gasteiger partial charge on any atom is 0.450 e. The van der Waals surface area contributed by atoms with Crippen LogP contribution in [-0.2, 0) is 12.7 Å². The Kier molecular flexibility index (Phi) is 5.29. The van der Waals surface area contributed by atoms with E-state index in [0.29, 0.717) is 6.54 Å². The summed E-state index contributed by atoms with van der Waals surface area (Å²) in [5.41, 5.74) is -1.07. The quantitative estimate of drug-likeness (QED) is 0.595. The maximum atomic E-state index is 13.9. The number of nitrogens with one attached hydrogen (secondary N) is 2. The average Bonchev–Trinajstić information content (AvgIpc) is 2.71. The molecule has 0 bridgehead atoms. The third kappa shape index (κ3) is 3.80. The number of rotatable bonds is 3. The smallest absolute Gasteiger partial charge is 0.450 e. The van der Waals surface area contributed by atoms with E-state index in [-0.39, 0.29) is 27.8 Å². The maximum absolute atomic E-state index is 13.9. The lowest BCUT2D eigenvalue weighted by Crippen LogP contribution is -3.26. The van der Waals surface area contributed by atoms with Crippen LogP contribution in [0.1, 0.15) is 11.3 Å². The third-order valence-electron chi connectivity index (χ3n) is 5.70. The summed E-state index contributed by atoms with van der Waals surface area (Å²) < 4.78 is 47.0. The van der Waals surface area contributed by atoms with Gasteiger partial charge in [0, 0.05) is 0 Å². The van der Waals surface area contributed by atoms with E-state index < -0.39 is 22.9 Å². The van der Waals surface area contributed by atoms with E-state index in [0.717, 1.165) is 31.1 Å². The van der Waals surface area contributed by atoms with Gasteiger partial charge in [0.25, 0.3) is 0 Å². The molecular formula is C22H23F3N2O3+2. The molecule has 1 aliphatic heterocycles. The predicted molar refractivity (Wildman–Crippen MR) is 106 cm³/mol. The summed E-state index contributed by atoms with van der Waals surface area (Å²) in [6, 6.07) is 10.4. The first kappa shape index (κ1) is 20.4. The summed E-state index contributed by atoms with van der Waals surface area (Å²) in [6.45, 7) is 3.79. The Bertz CT molecular complexity index is 1120. The SMILES string of the molecule is C[NH+]1CC[NH+](Cc2c(O)ccc3c(=O)c(-c4ccccc4)c(C(F)(F)F)oc23)CC1. The lowest BCUT2D eigenvalue weighted by atomic mass is 10.00. The van der Waals surface area contributed by atoms with Crippen LogP contribution in [0.5, 0.6) is 5.75 Å². The molecule has 0 unspecified atom stereocenters. The molecule has 30 heavy (non-hydrogen) atoms. The van der Waals surface area contributed by atoms with Gasteiger partial charge >= 0.3 is 6.18 Å². The number of piperazine rings is 1. The standard InChI is InChI=1S/C22H21F3N2O3/c1-26-9-11-27(12-10-26)13-16-17(28)8-7-15-19(29)18(14-5-3-2-4-6-14)21(22(23,24)25)30-20(15)16/h2-8,28H,9-13H2,1H3/p+2. The minimum Gasteiger partial charge on any atom is -0.507 e. The Labute approximate surface area is 170 Å². The van der Waals surface area contributed by atoms with Gasteiger partial charge < -0.3 is 19.3 Å². The van der Waals surface area contributed by atoms with Gasteiger partial charge in [-0.1, -0.05) is 30.3 Å². The molecule has 2 heterocycles. The van der Waals surface area contributed by atoms with Crippen LogP contribution in [0.25, 0.3) is 22.1 Å². The van der Waals surface area contributed by atoms with Gasteiger partial charge in [0.15, 0.2) is 5.58 Å². The molecule has 0 aliphatic carbocycles. The van der Waals surface area contributed by atoms with Crippen molar-refractivity contribution in [2.75, 3.05) is 33.2 Å². The molecule has 4 rings (SSSR count). The molecule has 0 radical (unpaired) electrons. The zero-order valence-electron chi connectivity index (χ0n) is 16.5. The number of alkyl halides is 3. The fourth-order valence-corrected chi connectivity index (χ4v) is 4.00. The lowest BCUT2D eigenvalue weighted by molar-refractivity contribution is -1.01. The van der Waals surface area contributed by atoms with Gasteiger partial charge in [-0.25, -0.2) is 0 Å². The number of hydrogen-bond acceptors (Lipinski definition) is 3. The number of likely N-dealkylation sites (N-methyl/N-ethyl adjacent to an activating group) is 1. The fraction of sp³-hybridized carbons (Fsp3) is 0.318. The molecule has 0 saturated carbocycles. The third-order valence-corrected chi connectivity index (χ3v) is 5.70. The topological polar surface area (TPSA) is 59.3 Å². The first-order valence-corrected chi connectivity index (χ1v) is 9.85. The number of hydrogen-bond donors (Lipinski definition) is 3. The summed E-state index contributed by atoms with van der Waals surface area (Å²) in [5, 5.41) is 10.4. The average molecular weight is 420 g/mol. The number of quaternary nitrogens is 2. The summed E-state index contributed by atoms with van der Waals surface area (Å²) in [7, 11) is 2.09. The Morgan fingerprint density at radius 1 is 1.03 bits per heavy atom. The van der Waals surface area contributed by atoms with Crippen LogP contribution in [0.3, 0.4) is 0 Å². The highest BCUT2D eigenvalue weighted by atomic mass is 19.4. The Balaban J connectivity index is 1.92. The molecule has 0 amide bonds. The highest BCUT2D eigenvalue weighted by Crippen LogP contribution is 2.38. The van der Waals surface area contributed by atoms with Crippen LogP contribution in [0.15, 0.2) is 51.7 Å². The van der Waals surface area contributed by atoms with Gasteiger partial charge in [-0.05, 0) is 17.7 Å². The van der Waals surface area contributed by atoms with Crippen molar-refractivity contribution in [3.8, 4) is 16.9 Å². The Morgan fingerprint density at radius 2 is 1.70 bits per heavy atom. The van der Waals surface area contributed by atoms with Crippen LogP contribution in [0.2, 0.25) is 0 Å². The van der Waals surface area contributed by atoms with E-state index in [4.69, 9.17) is 4.42 Å². The minimum atomic E-state index is -4.86. The Hall–Kier alpha value is -2.84. The molecule has 1 saturated heterocycles. The van der Waals surface area contributed by atoms with Gasteiger partial charge in [-0.2, -0.15) is 13.2 Å². The van der Waals surface area contributed by atoms with Crippen molar-refractivity contribution in [1.29, 1.82) is 0 Å². The van der Waals surface area contributed by atoms with Crippen molar-refractivity contribution in [1.82, 2.24) is 0 Å². The number of benzene rings is 2. The number of aromatic hydroxyl groups is 1. The number of halogens is 3. The van der Waals surface area contributed by atoms with E-state index in [2.05, 4.69) is 7.05 Å². The molecule has 0 atom stereocenters. The normalized spacial score (nSPS) is 19.9. The number of phenolic OH excluding ortho intramolecular Hbond substituents is 1. The van der Waals surface area contributed by atoms with Crippen LogP contribution in [0.4, 0.5) is 13.2 Å². The van der Waals surface area contributed by atoms with E-state index in [9.17, 15) is 23.1 Å². The molecule has 2 aromatic carbocycles. The van der Waals surface area contributed by atoms with Gasteiger partial charge in [0.2, 0.25) is 11.2 Å². The molecule has 0 spiro atoms. The molecule has 1 aliphatic rings. The van der Waals surface area contributed by atoms with Crippen molar-refractivity contribution in [2.45, 2.75) is 12.7 Å². The van der Waals surface area contributed by atoms with Crippen molar-refractivity contribution in [3.05, 3.63) is 64.0 Å². The van der Waals surface area contributed by atoms with Gasteiger partial charge in [0.05, 0.1) is 23.6 Å². The zero-order valence-corrected chi connectivity index (χ0v) is 16.5. The largest absolute Gasteiger partial charge is 0.507 e. The fourth-order valence-electron chi connectivity index (χ4n) is 4.00. The van der Waals surface area contributed by atoms with Crippen molar-refractivity contribution in [3.63, 3.8) is 0 Å². The molecule has 1 fully saturated rings. The van der Waals surface area contributed by atoms with Gasteiger partial charge in [0.1, 0.15) is 38.5 Å². The molecular weight excluding hydrogens is 397 g/mol. The zero-order chi connectivity index (χ0) is 21.5. The second-order valence-corrected chi connectivity index (χ2v) is 7.82. The van der Waals surface area contributed by atoms with Crippen LogP contribution in [-0.4, -0.2) is 38.3 Å². The first-order chi connectivity index (χ1) is 14.3. The number of fused-ring (bicyclic) bond motifs is 1. The molecule has 1 aromatic heterocycles. The molecule has 158 valence electrons. The predicted octanol–water partition coefficient (Wildman–Crippen LogP) is 1.10. The monoisotopic (exact) mass is 420 g/mol. The van der Waals surface area contributed by atoms with E-state index in [1.165, 1.54) is 29.2 Å². The molecule has 3 aromatic rings. The second-order valence-electron chi connectivity index (χ2n) is 7.82.